The number of methoxy groups -OCH3 is 1. The fourth-order valence-corrected chi connectivity index (χ4v) is 3.16. The zero-order chi connectivity index (χ0) is 20.5. The van der Waals surface area contributed by atoms with Crippen LogP contribution < -0.4 is 15.4 Å². The number of rotatable bonds is 9. The minimum Gasteiger partial charge on any atom is -0.491 e. The molecule has 2 aromatic rings. The molecule has 1 fully saturated rings. The number of hydrogen-bond acceptors (Lipinski definition) is 5. The second-order valence-electron chi connectivity index (χ2n) is 6.85. The van der Waals surface area contributed by atoms with Gasteiger partial charge in [0.15, 0.2) is 0 Å². The van der Waals surface area contributed by atoms with Crippen molar-refractivity contribution in [2.75, 3.05) is 50.6 Å². The van der Waals surface area contributed by atoms with Crippen LogP contribution in [-0.4, -0.2) is 56.7 Å². The van der Waals surface area contributed by atoms with Gasteiger partial charge in [0.05, 0.1) is 13.2 Å². The molecule has 7 heteroatoms. The van der Waals surface area contributed by atoms with E-state index in [1.54, 1.807) is 31.4 Å². The van der Waals surface area contributed by atoms with Gasteiger partial charge in [-0.3, -0.25) is 9.59 Å². The van der Waals surface area contributed by atoms with E-state index >= 15 is 0 Å². The maximum atomic E-state index is 12.5. The van der Waals surface area contributed by atoms with Gasteiger partial charge in [-0.05, 0) is 43.2 Å². The number of likely N-dealkylation sites (tertiary alicyclic amines) is 1. The van der Waals surface area contributed by atoms with E-state index in [4.69, 9.17) is 9.47 Å². The van der Waals surface area contributed by atoms with Gasteiger partial charge in [-0.2, -0.15) is 0 Å². The average molecular weight is 397 g/mol. The molecule has 0 saturated carbocycles. The third-order valence-corrected chi connectivity index (χ3v) is 4.63. The molecule has 1 heterocycles. The summed E-state index contributed by atoms with van der Waals surface area (Å²) in [7, 11) is 1.62. The number of nitrogens with zero attached hydrogens (tertiary/aromatic N) is 1. The van der Waals surface area contributed by atoms with Crippen molar-refractivity contribution in [2.45, 2.75) is 12.8 Å². The first kappa shape index (κ1) is 20.7. The number of nitrogens with one attached hydrogen (secondary N) is 2. The van der Waals surface area contributed by atoms with Crippen molar-refractivity contribution in [3.63, 3.8) is 0 Å². The van der Waals surface area contributed by atoms with Crippen molar-refractivity contribution in [3.05, 3.63) is 54.1 Å². The number of carbonyl (C=O) groups is 2. The molecule has 0 spiro atoms. The Morgan fingerprint density at radius 1 is 1.00 bits per heavy atom. The third-order valence-electron chi connectivity index (χ3n) is 4.63. The summed E-state index contributed by atoms with van der Waals surface area (Å²) in [4.78, 5) is 26.7. The Morgan fingerprint density at radius 2 is 1.76 bits per heavy atom. The molecule has 1 aliphatic heterocycles. The first-order chi connectivity index (χ1) is 14.2. The highest BCUT2D eigenvalue weighted by Gasteiger charge is 2.19. The van der Waals surface area contributed by atoms with Crippen LogP contribution in [0.15, 0.2) is 48.5 Å². The van der Waals surface area contributed by atoms with Crippen LogP contribution in [0.3, 0.4) is 0 Å². The molecule has 7 nitrogen and oxygen atoms in total. The van der Waals surface area contributed by atoms with E-state index in [2.05, 4.69) is 10.6 Å². The van der Waals surface area contributed by atoms with Gasteiger partial charge in [-0.1, -0.05) is 12.1 Å². The highest BCUT2D eigenvalue weighted by Crippen LogP contribution is 2.18. The van der Waals surface area contributed by atoms with Crippen LogP contribution in [0.5, 0.6) is 5.75 Å². The number of anilines is 2. The summed E-state index contributed by atoms with van der Waals surface area (Å²) in [5.74, 6) is 0.532. The van der Waals surface area contributed by atoms with Gasteiger partial charge >= 0.3 is 0 Å². The summed E-state index contributed by atoms with van der Waals surface area (Å²) < 4.78 is 10.5. The van der Waals surface area contributed by atoms with E-state index in [0.717, 1.165) is 31.6 Å². The minimum atomic E-state index is -0.193. The largest absolute Gasteiger partial charge is 0.491 e. The predicted octanol–water partition coefficient (Wildman–Crippen LogP) is 3.00. The normalized spacial score (nSPS) is 13.2. The van der Waals surface area contributed by atoms with Crippen molar-refractivity contribution in [3.8, 4) is 5.75 Å². The van der Waals surface area contributed by atoms with Gasteiger partial charge in [0, 0.05) is 43.2 Å². The third kappa shape index (κ3) is 6.22. The van der Waals surface area contributed by atoms with Crippen LogP contribution in [-0.2, 0) is 9.53 Å². The Labute approximate surface area is 171 Å². The molecular weight excluding hydrogens is 370 g/mol. The summed E-state index contributed by atoms with van der Waals surface area (Å²) in [5.41, 5.74) is 1.99. The van der Waals surface area contributed by atoms with E-state index < -0.39 is 0 Å². The van der Waals surface area contributed by atoms with Crippen LogP contribution in [0.2, 0.25) is 0 Å². The molecule has 1 aliphatic rings. The van der Waals surface area contributed by atoms with E-state index in [1.807, 2.05) is 29.2 Å². The highest BCUT2D eigenvalue weighted by molar-refractivity contribution is 5.98. The van der Waals surface area contributed by atoms with Crippen LogP contribution in [0.1, 0.15) is 23.2 Å². The second-order valence-corrected chi connectivity index (χ2v) is 6.85. The number of ether oxygens (including phenoxy) is 2. The van der Waals surface area contributed by atoms with Crippen molar-refractivity contribution >= 4 is 23.2 Å². The molecule has 1 saturated heterocycles. The molecule has 0 aromatic heterocycles. The zero-order valence-electron chi connectivity index (χ0n) is 16.6. The molecular formula is C22H27N3O4. The van der Waals surface area contributed by atoms with Crippen molar-refractivity contribution in [1.82, 2.24) is 4.90 Å². The summed E-state index contributed by atoms with van der Waals surface area (Å²) in [6, 6.07) is 14.5. The van der Waals surface area contributed by atoms with Gasteiger partial charge < -0.3 is 25.0 Å². The zero-order valence-corrected chi connectivity index (χ0v) is 16.6. The molecule has 0 aliphatic carbocycles. The summed E-state index contributed by atoms with van der Waals surface area (Å²) >= 11 is 0. The summed E-state index contributed by atoms with van der Waals surface area (Å²) in [6.07, 6.45) is 2.10. The lowest BCUT2D eigenvalue weighted by Gasteiger charge is -2.16. The lowest BCUT2D eigenvalue weighted by Crippen LogP contribution is -2.27. The van der Waals surface area contributed by atoms with Gasteiger partial charge in [0.1, 0.15) is 12.4 Å². The summed E-state index contributed by atoms with van der Waals surface area (Å²) in [5, 5.41) is 5.91. The molecule has 2 amide bonds. The lowest BCUT2D eigenvalue weighted by molar-refractivity contribution is -0.114. The molecule has 29 heavy (non-hydrogen) atoms. The average Bonchev–Trinajstić information content (AvgIpc) is 3.27. The van der Waals surface area contributed by atoms with Crippen LogP contribution in [0.25, 0.3) is 0 Å². The highest BCUT2D eigenvalue weighted by atomic mass is 16.5. The van der Waals surface area contributed by atoms with Crippen LogP contribution in [0.4, 0.5) is 11.4 Å². The SMILES string of the molecule is COCCOc1cccc(NCC(=O)Nc2cccc(C(=O)N3CCCC3)c2)c1. The van der Waals surface area contributed by atoms with Gasteiger partial charge in [-0.25, -0.2) is 0 Å². The molecule has 2 N–H and O–H groups in total. The van der Waals surface area contributed by atoms with E-state index in [1.165, 1.54) is 0 Å². The van der Waals surface area contributed by atoms with E-state index in [-0.39, 0.29) is 18.4 Å². The molecule has 2 aromatic carbocycles. The topological polar surface area (TPSA) is 79.9 Å². The smallest absolute Gasteiger partial charge is 0.253 e. The Morgan fingerprint density at radius 3 is 2.55 bits per heavy atom. The first-order valence-corrected chi connectivity index (χ1v) is 9.80. The Kier molecular flexibility index (Phi) is 7.47. The number of benzene rings is 2. The molecule has 0 atom stereocenters. The van der Waals surface area contributed by atoms with Crippen molar-refractivity contribution in [1.29, 1.82) is 0 Å². The summed E-state index contributed by atoms with van der Waals surface area (Å²) in [6.45, 7) is 2.68. The van der Waals surface area contributed by atoms with Crippen LogP contribution >= 0.6 is 0 Å². The van der Waals surface area contributed by atoms with Crippen molar-refractivity contribution < 1.29 is 19.1 Å². The van der Waals surface area contributed by atoms with Gasteiger partial charge in [0.2, 0.25) is 5.91 Å². The maximum Gasteiger partial charge on any atom is 0.253 e. The molecule has 0 radical (unpaired) electrons. The lowest BCUT2D eigenvalue weighted by atomic mass is 10.1. The van der Waals surface area contributed by atoms with Crippen molar-refractivity contribution in [2.24, 2.45) is 0 Å². The molecule has 0 bridgehead atoms. The quantitative estimate of drug-likeness (QED) is 0.636. The standard InChI is InChI=1S/C22H27N3O4/c1-28-12-13-29-20-9-5-7-18(15-20)23-16-21(26)24-19-8-4-6-17(14-19)22(27)25-10-2-3-11-25/h4-9,14-15,23H,2-3,10-13,16H2,1H3,(H,24,26). The van der Waals surface area contributed by atoms with E-state index in [0.29, 0.717) is 30.2 Å². The molecule has 0 unspecified atom stereocenters. The fourth-order valence-electron chi connectivity index (χ4n) is 3.16. The Hall–Kier alpha value is -3.06. The predicted molar refractivity (Wildman–Crippen MR) is 113 cm³/mol. The monoisotopic (exact) mass is 397 g/mol. The maximum absolute atomic E-state index is 12.5. The number of carbonyl (C=O) groups excluding carboxylic acids is 2. The number of amides is 2. The molecule has 3 rings (SSSR count). The fraction of sp³-hybridized carbons (Fsp3) is 0.364. The van der Waals surface area contributed by atoms with E-state index in [9.17, 15) is 9.59 Å². The van der Waals surface area contributed by atoms with Gasteiger partial charge in [-0.15, -0.1) is 0 Å². The van der Waals surface area contributed by atoms with Crippen LogP contribution in [0, 0.1) is 0 Å². The number of hydrogen-bond donors (Lipinski definition) is 2. The first-order valence-electron chi connectivity index (χ1n) is 9.80. The second kappa shape index (κ2) is 10.5. The molecule has 154 valence electrons. The van der Waals surface area contributed by atoms with Gasteiger partial charge in [0.25, 0.3) is 5.91 Å². The minimum absolute atomic E-state index is 0.0158. The Balaban J connectivity index is 1.51. The Bertz CT molecular complexity index is 834.